The average Bonchev–Trinajstić information content (AvgIpc) is 3.33. The Morgan fingerprint density at radius 3 is 2.72 bits per heavy atom. The van der Waals surface area contributed by atoms with Gasteiger partial charge in [0.25, 0.3) is 5.56 Å². The first-order valence-corrected chi connectivity index (χ1v) is 13.0. The number of allylic oxidation sites excluding steroid dienone is 2. The summed E-state index contributed by atoms with van der Waals surface area (Å²) < 4.78 is 6.51. The number of hydrazone groups is 1. The molecular weight excluding hydrogens is 542 g/mol. The van der Waals surface area contributed by atoms with Gasteiger partial charge in [-0.1, -0.05) is 58.7 Å². The number of pyridine rings is 1. The van der Waals surface area contributed by atoms with Crippen LogP contribution in [0, 0.1) is 0 Å². The van der Waals surface area contributed by atoms with Crippen LogP contribution in [0.1, 0.15) is 38.2 Å². The van der Waals surface area contributed by atoms with Crippen LogP contribution in [0.2, 0.25) is 5.02 Å². The molecule has 0 unspecified atom stereocenters. The van der Waals surface area contributed by atoms with Crippen molar-refractivity contribution in [2.45, 2.75) is 38.6 Å². The van der Waals surface area contributed by atoms with Crippen LogP contribution in [-0.4, -0.2) is 34.8 Å². The van der Waals surface area contributed by atoms with Crippen molar-refractivity contribution < 1.29 is 9.53 Å². The lowest BCUT2D eigenvalue weighted by Crippen LogP contribution is -2.34. The Bertz CT molecular complexity index is 1520. The molecule has 1 aromatic heterocycles. The summed E-state index contributed by atoms with van der Waals surface area (Å²) in [5, 5.41) is 7.64. The van der Waals surface area contributed by atoms with Gasteiger partial charge in [-0.3, -0.25) is 9.59 Å². The van der Waals surface area contributed by atoms with E-state index in [1.807, 2.05) is 49.4 Å². The number of H-pyrrole nitrogens is 1. The number of aromatic nitrogens is 1. The number of carbonyl (C=O) groups excluding carboxylic acids is 1. The van der Waals surface area contributed by atoms with Crippen molar-refractivity contribution in [3.8, 4) is 11.1 Å². The monoisotopic (exact) mass is 565 g/mol. The van der Waals surface area contributed by atoms with Crippen molar-refractivity contribution in [3.63, 3.8) is 0 Å². The van der Waals surface area contributed by atoms with Crippen LogP contribution in [0.5, 0.6) is 0 Å². The van der Waals surface area contributed by atoms with E-state index < -0.39 is 0 Å². The van der Waals surface area contributed by atoms with E-state index in [0.717, 1.165) is 39.6 Å². The normalized spacial score (nSPS) is 17.6. The van der Waals surface area contributed by atoms with E-state index in [0.29, 0.717) is 40.2 Å². The average molecular weight is 567 g/mol. The highest BCUT2D eigenvalue weighted by atomic mass is 79.9. The predicted octanol–water partition coefficient (Wildman–Crippen LogP) is 6.58. The molecule has 2 heterocycles. The van der Waals surface area contributed by atoms with Crippen LogP contribution in [0.3, 0.4) is 0 Å². The Morgan fingerprint density at radius 2 is 1.97 bits per heavy atom. The fourth-order valence-electron chi connectivity index (χ4n) is 4.95. The van der Waals surface area contributed by atoms with Gasteiger partial charge in [0.15, 0.2) is 0 Å². The number of ether oxygens (including phenoxy) is 1. The van der Waals surface area contributed by atoms with Gasteiger partial charge in [0.2, 0.25) is 5.91 Å². The molecule has 0 saturated carbocycles. The van der Waals surface area contributed by atoms with Crippen LogP contribution in [0.15, 0.2) is 80.3 Å². The van der Waals surface area contributed by atoms with Gasteiger partial charge in [-0.05, 0) is 43.2 Å². The number of amides is 1. The quantitative estimate of drug-likeness (QED) is 0.379. The van der Waals surface area contributed by atoms with Crippen molar-refractivity contribution in [2.24, 2.45) is 5.10 Å². The minimum atomic E-state index is -0.351. The Balaban J connectivity index is 1.75. The Morgan fingerprint density at radius 1 is 1.19 bits per heavy atom. The summed E-state index contributed by atoms with van der Waals surface area (Å²) >= 11 is 10.2. The number of halogens is 2. The van der Waals surface area contributed by atoms with Gasteiger partial charge in [0.1, 0.15) is 5.76 Å². The lowest BCUT2D eigenvalue weighted by atomic mass is 9.89. The third kappa shape index (κ3) is 4.31. The van der Waals surface area contributed by atoms with Crippen molar-refractivity contribution in [1.82, 2.24) is 9.99 Å². The summed E-state index contributed by atoms with van der Waals surface area (Å²) in [4.78, 5) is 29.6. The highest BCUT2D eigenvalue weighted by molar-refractivity contribution is 9.10. The first-order chi connectivity index (χ1) is 17.4. The van der Waals surface area contributed by atoms with Crippen LogP contribution in [0.4, 0.5) is 0 Å². The van der Waals surface area contributed by atoms with E-state index in [2.05, 4.69) is 27.0 Å². The molecule has 1 aliphatic carbocycles. The lowest BCUT2D eigenvalue weighted by molar-refractivity contribution is -0.131. The zero-order chi connectivity index (χ0) is 25.4. The largest absolute Gasteiger partial charge is 0.497 e. The predicted molar refractivity (Wildman–Crippen MR) is 147 cm³/mol. The number of rotatable bonds is 5. The number of benzene rings is 2. The van der Waals surface area contributed by atoms with Gasteiger partial charge >= 0.3 is 0 Å². The molecular formula is C28H25BrClN3O3. The summed E-state index contributed by atoms with van der Waals surface area (Å²) in [5.41, 5.74) is 3.73. The number of methoxy groups -OCH3 is 1. The fraction of sp³-hybridized carbons (Fsp3) is 0.250. The molecule has 184 valence electrons. The molecule has 3 aromatic rings. The van der Waals surface area contributed by atoms with E-state index in [1.54, 1.807) is 13.2 Å². The summed E-state index contributed by atoms with van der Waals surface area (Å²) in [6.45, 7) is 1.81. The molecule has 0 saturated heterocycles. The van der Waals surface area contributed by atoms with Gasteiger partial charge in [0, 0.05) is 49.9 Å². The molecule has 8 heteroatoms. The topological polar surface area (TPSA) is 74.8 Å². The number of hydrogen-bond donors (Lipinski definition) is 1. The molecule has 6 nitrogen and oxygen atoms in total. The molecule has 36 heavy (non-hydrogen) atoms. The van der Waals surface area contributed by atoms with E-state index in [9.17, 15) is 9.59 Å². The lowest BCUT2D eigenvalue weighted by Gasteiger charge is -2.26. The molecule has 1 aliphatic heterocycles. The van der Waals surface area contributed by atoms with E-state index in [-0.39, 0.29) is 17.5 Å². The van der Waals surface area contributed by atoms with Crippen LogP contribution < -0.4 is 5.56 Å². The zero-order valence-electron chi connectivity index (χ0n) is 20.0. The van der Waals surface area contributed by atoms with Gasteiger partial charge in [-0.2, -0.15) is 5.10 Å². The second-order valence-corrected chi connectivity index (χ2v) is 10.1. The maximum atomic E-state index is 13.6. The van der Waals surface area contributed by atoms with E-state index in [4.69, 9.17) is 21.4 Å². The molecule has 1 amide bonds. The number of carbonyl (C=O) groups is 1. The number of nitrogens with one attached hydrogen (secondary N) is 1. The highest BCUT2D eigenvalue weighted by Crippen LogP contribution is 2.39. The van der Waals surface area contributed by atoms with Crippen molar-refractivity contribution in [1.29, 1.82) is 0 Å². The van der Waals surface area contributed by atoms with Crippen LogP contribution in [0.25, 0.3) is 22.0 Å². The molecule has 0 spiro atoms. The van der Waals surface area contributed by atoms with Gasteiger partial charge in [0.05, 0.1) is 24.4 Å². The summed E-state index contributed by atoms with van der Waals surface area (Å²) in [6.07, 6.45) is 6.57. The molecule has 0 radical (unpaired) electrons. The molecule has 5 rings (SSSR count). The standard InChI is InChI=1S/C28H25BrClN3O3/c1-3-25(34)33-23(18-9-5-7-11-24(18)36-2)15-22(32-33)27-26(17-8-4-6-10-20(17)30)19-14-16(29)12-13-21(19)31-28(27)35/h4,6,8-14,23H,3,5,7,15H2,1-2H3,(H,31,35)/t23-/m0/s1. The molecule has 2 aromatic carbocycles. The summed E-state index contributed by atoms with van der Waals surface area (Å²) in [5.74, 6) is 0.635. The Kier molecular flexibility index (Phi) is 6.86. The minimum Gasteiger partial charge on any atom is -0.497 e. The Hall–Kier alpha value is -3.16. The van der Waals surface area contributed by atoms with E-state index >= 15 is 0 Å². The van der Waals surface area contributed by atoms with Crippen molar-refractivity contribution in [2.75, 3.05) is 7.11 Å². The number of hydrogen-bond acceptors (Lipinski definition) is 4. The third-order valence-corrected chi connectivity index (χ3v) is 7.42. The number of nitrogens with zero attached hydrogens (tertiary/aromatic N) is 2. The van der Waals surface area contributed by atoms with Crippen molar-refractivity contribution in [3.05, 3.63) is 91.4 Å². The zero-order valence-corrected chi connectivity index (χ0v) is 22.3. The number of fused-ring (bicyclic) bond motifs is 1. The molecule has 1 atom stereocenters. The Labute approximate surface area is 222 Å². The maximum Gasteiger partial charge on any atom is 0.258 e. The second kappa shape index (κ2) is 10.1. The minimum absolute atomic E-state index is 0.115. The molecule has 0 fully saturated rings. The SMILES string of the molecule is CCC(=O)N1N=C(c2c(-c3ccccc3Cl)c3cc(Br)ccc3[nH]c2=O)C[C@H]1C1=CCCC=C1OC. The highest BCUT2D eigenvalue weighted by Gasteiger charge is 2.37. The van der Waals surface area contributed by atoms with Crippen molar-refractivity contribution >= 4 is 50.1 Å². The van der Waals surface area contributed by atoms with Gasteiger partial charge < -0.3 is 9.72 Å². The van der Waals surface area contributed by atoms with Gasteiger partial charge in [-0.25, -0.2) is 5.01 Å². The fourth-order valence-corrected chi connectivity index (χ4v) is 5.54. The van der Waals surface area contributed by atoms with E-state index in [1.165, 1.54) is 5.01 Å². The molecule has 0 bridgehead atoms. The summed E-state index contributed by atoms with van der Waals surface area (Å²) in [6, 6.07) is 12.8. The molecule has 1 N–H and O–H groups in total. The van der Waals surface area contributed by atoms with Gasteiger partial charge in [-0.15, -0.1) is 0 Å². The first kappa shape index (κ1) is 24.5. The number of aromatic amines is 1. The van der Waals surface area contributed by atoms with Crippen LogP contribution in [-0.2, 0) is 9.53 Å². The second-order valence-electron chi connectivity index (χ2n) is 8.74. The molecule has 2 aliphatic rings. The van der Waals surface area contributed by atoms with Crippen LogP contribution >= 0.6 is 27.5 Å². The summed E-state index contributed by atoms with van der Waals surface area (Å²) in [7, 11) is 1.63. The first-order valence-electron chi connectivity index (χ1n) is 11.9. The maximum absolute atomic E-state index is 13.6. The smallest absolute Gasteiger partial charge is 0.258 e. The third-order valence-electron chi connectivity index (χ3n) is 6.60.